The van der Waals surface area contributed by atoms with Crippen LogP contribution >= 0.6 is 0 Å². The Morgan fingerprint density at radius 2 is 1.78 bits per heavy atom. The molecule has 0 heterocycles. The summed E-state index contributed by atoms with van der Waals surface area (Å²) in [6.07, 6.45) is -0.500. The first kappa shape index (κ1) is 15.0. The molecule has 2 atom stereocenters. The van der Waals surface area contributed by atoms with E-state index in [1.165, 1.54) is 0 Å². The van der Waals surface area contributed by atoms with E-state index >= 15 is 0 Å². The van der Waals surface area contributed by atoms with Crippen LogP contribution in [0.3, 0.4) is 0 Å². The lowest BCUT2D eigenvalue weighted by Gasteiger charge is -2.27. The van der Waals surface area contributed by atoms with Crippen LogP contribution in [-0.4, -0.2) is 25.3 Å². The van der Waals surface area contributed by atoms with E-state index < -0.39 is 6.10 Å². The molecule has 0 spiro atoms. The minimum Gasteiger partial charge on any atom is -0.496 e. The summed E-state index contributed by atoms with van der Waals surface area (Å²) in [5, 5.41) is 13.7. The van der Waals surface area contributed by atoms with Gasteiger partial charge in [0.1, 0.15) is 5.75 Å². The Bertz CT molecular complexity index is 402. The highest BCUT2D eigenvalue weighted by atomic mass is 16.5. The maximum atomic E-state index is 10.5. The number of aryl methyl sites for hydroxylation is 2. The average Bonchev–Trinajstić information content (AvgIpc) is 2.31. The summed E-state index contributed by atoms with van der Waals surface area (Å²) in [6.45, 7) is 8.22. The summed E-state index contributed by atoms with van der Waals surface area (Å²) in [7, 11) is 3.56. The molecule has 0 amide bonds. The SMILES string of the molecule is CNC(C(C)C)C(O)c1cc(C)c(OC)cc1C. The van der Waals surface area contributed by atoms with Crippen molar-refractivity contribution in [2.24, 2.45) is 5.92 Å². The van der Waals surface area contributed by atoms with E-state index in [0.29, 0.717) is 5.92 Å². The van der Waals surface area contributed by atoms with E-state index in [9.17, 15) is 5.11 Å². The predicted molar refractivity (Wildman–Crippen MR) is 75.1 cm³/mol. The second-order valence-corrected chi connectivity index (χ2v) is 5.18. The first-order valence-corrected chi connectivity index (χ1v) is 6.42. The number of likely N-dealkylation sites (N-methyl/N-ethyl adjacent to an activating group) is 1. The summed E-state index contributed by atoms with van der Waals surface area (Å²) in [5.74, 6) is 1.24. The molecule has 2 N–H and O–H groups in total. The van der Waals surface area contributed by atoms with Crippen molar-refractivity contribution in [3.05, 3.63) is 28.8 Å². The highest BCUT2D eigenvalue weighted by Gasteiger charge is 2.24. The maximum absolute atomic E-state index is 10.5. The van der Waals surface area contributed by atoms with E-state index in [-0.39, 0.29) is 6.04 Å². The molecule has 0 fully saturated rings. The zero-order valence-electron chi connectivity index (χ0n) is 12.2. The summed E-state index contributed by atoms with van der Waals surface area (Å²) in [4.78, 5) is 0. The van der Waals surface area contributed by atoms with Crippen molar-refractivity contribution in [1.82, 2.24) is 5.32 Å². The van der Waals surface area contributed by atoms with Gasteiger partial charge in [-0.1, -0.05) is 13.8 Å². The van der Waals surface area contributed by atoms with Gasteiger partial charge in [-0.3, -0.25) is 0 Å². The van der Waals surface area contributed by atoms with Crippen LogP contribution in [0.4, 0.5) is 0 Å². The minimum absolute atomic E-state index is 0.0523. The molecular formula is C15H25NO2. The molecule has 0 radical (unpaired) electrons. The van der Waals surface area contributed by atoms with Crippen molar-refractivity contribution in [3.8, 4) is 5.75 Å². The van der Waals surface area contributed by atoms with Crippen molar-refractivity contribution in [1.29, 1.82) is 0 Å². The number of nitrogens with one attached hydrogen (secondary N) is 1. The third-order valence-electron chi connectivity index (χ3n) is 3.49. The van der Waals surface area contributed by atoms with Crippen molar-refractivity contribution in [2.45, 2.75) is 39.8 Å². The summed E-state index contributed by atoms with van der Waals surface area (Å²) in [5.41, 5.74) is 3.09. The number of benzene rings is 1. The van der Waals surface area contributed by atoms with Crippen LogP contribution in [0.15, 0.2) is 12.1 Å². The third kappa shape index (κ3) is 3.03. The molecule has 0 aromatic heterocycles. The van der Waals surface area contributed by atoms with Crippen LogP contribution in [-0.2, 0) is 0 Å². The molecule has 0 aliphatic heterocycles. The lowest BCUT2D eigenvalue weighted by atomic mass is 9.90. The second-order valence-electron chi connectivity index (χ2n) is 5.18. The summed E-state index contributed by atoms with van der Waals surface area (Å²) >= 11 is 0. The van der Waals surface area contributed by atoms with Gasteiger partial charge >= 0.3 is 0 Å². The van der Waals surface area contributed by atoms with Gasteiger partial charge in [0.2, 0.25) is 0 Å². The fourth-order valence-electron chi connectivity index (χ4n) is 2.40. The average molecular weight is 251 g/mol. The normalized spacial score (nSPS) is 14.7. The highest BCUT2D eigenvalue weighted by molar-refractivity contribution is 5.42. The van der Waals surface area contributed by atoms with Gasteiger partial charge in [-0.25, -0.2) is 0 Å². The third-order valence-corrected chi connectivity index (χ3v) is 3.49. The summed E-state index contributed by atoms with van der Waals surface area (Å²) < 4.78 is 5.30. The van der Waals surface area contributed by atoms with Crippen LogP contribution in [0, 0.1) is 19.8 Å². The van der Waals surface area contributed by atoms with Gasteiger partial charge in [-0.05, 0) is 55.6 Å². The molecular weight excluding hydrogens is 226 g/mol. The van der Waals surface area contributed by atoms with Gasteiger partial charge in [0, 0.05) is 6.04 Å². The van der Waals surface area contributed by atoms with E-state index in [2.05, 4.69) is 19.2 Å². The number of aliphatic hydroxyl groups is 1. The van der Waals surface area contributed by atoms with Crippen molar-refractivity contribution in [2.75, 3.05) is 14.2 Å². The zero-order chi connectivity index (χ0) is 13.9. The molecule has 0 aliphatic rings. The Hall–Kier alpha value is -1.06. The van der Waals surface area contributed by atoms with E-state index in [1.807, 2.05) is 33.0 Å². The van der Waals surface area contributed by atoms with Crippen LogP contribution in [0.5, 0.6) is 5.75 Å². The number of hydrogen-bond donors (Lipinski definition) is 2. The van der Waals surface area contributed by atoms with Crippen LogP contribution < -0.4 is 10.1 Å². The van der Waals surface area contributed by atoms with E-state index in [0.717, 1.165) is 22.4 Å². The van der Waals surface area contributed by atoms with Crippen molar-refractivity contribution >= 4 is 0 Å². The van der Waals surface area contributed by atoms with Gasteiger partial charge < -0.3 is 15.2 Å². The van der Waals surface area contributed by atoms with Crippen molar-refractivity contribution < 1.29 is 9.84 Å². The quantitative estimate of drug-likeness (QED) is 0.845. The number of aliphatic hydroxyl groups excluding tert-OH is 1. The Morgan fingerprint density at radius 1 is 1.17 bits per heavy atom. The molecule has 3 nitrogen and oxygen atoms in total. The molecule has 0 aliphatic carbocycles. The molecule has 0 bridgehead atoms. The molecule has 1 aromatic rings. The maximum Gasteiger partial charge on any atom is 0.122 e. The molecule has 1 aromatic carbocycles. The fraction of sp³-hybridized carbons (Fsp3) is 0.600. The second kappa shape index (κ2) is 6.21. The number of hydrogen-bond acceptors (Lipinski definition) is 3. The first-order valence-electron chi connectivity index (χ1n) is 6.42. The van der Waals surface area contributed by atoms with Crippen LogP contribution in [0.25, 0.3) is 0 Å². The Morgan fingerprint density at radius 3 is 2.22 bits per heavy atom. The molecule has 18 heavy (non-hydrogen) atoms. The van der Waals surface area contributed by atoms with Crippen LogP contribution in [0.2, 0.25) is 0 Å². The Labute approximate surface area is 110 Å². The largest absolute Gasteiger partial charge is 0.496 e. The number of ether oxygens (including phenoxy) is 1. The number of rotatable bonds is 5. The van der Waals surface area contributed by atoms with E-state index in [4.69, 9.17) is 4.74 Å². The van der Waals surface area contributed by atoms with Gasteiger partial charge in [0.05, 0.1) is 13.2 Å². The van der Waals surface area contributed by atoms with E-state index in [1.54, 1.807) is 7.11 Å². The lowest BCUT2D eigenvalue weighted by molar-refractivity contribution is 0.109. The fourth-order valence-corrected chi connectivity index (χ4v) is 2.40. The topological polar surface area (TPSA) is 41.5 Å². The molecule has 102 valence electrons. The molecule has 0 saturated carbocycles. The monoisotopic (exact) mass is 251 g/mol. The molecule has 3 heteroatoms. The zero-order valence-corrected chi connectivity index (χ0v) is 12.2. The minimum atomic E-state index is -0.500. The Kier molecular flexibility index (Phi) is 5.17. The van der Waals surface area contributed by atoms with Crippen LogP contribution in [0.1, 0.15) is 36.6 Å². The first-order chi connectivity index (χ1) is 8.42. The van der Waals surface area contributed by atoms with Gasteiger partial charge in [-0.15, -0.1) is 0 Å². The number of methoxy groups -OCH3 is 1. The van der Waals surface area contributed by atoms with Gasteiger partial charge in [0.25, 0.3) is 0 Å². The molecule has 0 saturated heterocycles. The predicted octanol–water partition coefficient (Wildman–Crippen LogP) is 2.59. The Balaban J connectivity index is 3.13. The standard InChI is InChI=1S/C15H25NO2/c1-9(2)14(16-5)15(17)12-7-11(4)13(18-6)8-10(12)3/h7-9,14-17H,1-6H3. The summed E-state index contributed by atoms with van der Waals surface area (Å²) in [6, 6.07) is 4.06. The highest BCUT2D eigenvalue weighted by Crippen LogP contribution is 2.29. The van der Waals surface area contributed by atoms with Gasteiger partial charge in [-0.2, -0.15) is 0 Å². The molecule has 1 rings (SSSR count). The lowest BCUT2D eigenvalue weighted by Crippen LogP contribution is -2.37. The van der Waals surface area contributed by atoms with Crippen molar-refractivity contribution in [3.63, 3.8) is 0 Å². The van der Waals surface area contributed by atoms with Gasteiger partial charge in [0.15, 0.2) is 0 Å². The molecule has 2 unspecified atom stereocenters. The smallest absolute Gasteiger partial charge is 0.122 e.